The first-order chi connectivity index (χ1) is 15.2. The van der Waals surface area contributed by atoms with Gasteiger partial charge in [-0.2, -0.15) is 0 Å². The lowest BCUT2D eigenvalue weighted by atomic mass is 10.1. The van der Waals surface area contributed by atoms with E-state index in [1.165, 1.54) is 6.33 Å². The number of esters is 1. The van der Waals surface area contributed by atoms with Crippen molar-refractivity contribution in [3.63, 3.8) is 0 Å². The molecule has 5 nitrogen and oxygen atoms in total. The molecule has 31 heavy (non-hydrogen) atoms. The number of aromatic nitrogens is 2. The molecular formula is C26H22N2O3. The zero-order valence-electron chi connectivity index (χ0n) is 17.2. The SMILES string of the molecule is Cc1ccc(-c2ncnc(C(=O)OCc3ccccc3)c2OCc2ccccc2)cc1. The third-order valence-corrected chi connectivity index (χ3v) is 4.76. The Kier molecular flexibility index (Phi) is 6.33. The number of benzene rings is 3. The fraction of sp³-hybridized carbons (Fsp3) is 0.115. The van der Waals surface area contributed by atoms with E-state index >= 15 is 0 Å². The third-order valence-electron chi connectivity index (χ3n) is 4.76. The number of carbonyl (C=O) groups is 1. The number of aryl methyl sites for hydroxylation is 1. The molecule has 0 aliphatic heterocycles. The molecule has 0 aliphatic rings. The molecule has 0 fully saturated rings. The molecule has 5 heteroatoms. The van der Waals surface area contributed by atoms with Crippen molar-refractivity contribution in [2.24, 2.45) is 0 Å². The molecule has 4 rings (SSSR count). The van der Waals surface area contributed by atoms with Gasteiger partial charge >= 0.3 is 5.97 Å². The summed E-state index contributed by atoms with van der Waals surface area (Å²) in [5.74, 6) is -0.240. The Bertz CT molecular complexity index is 1140. The first kappa shape index (κ1) is 20.3. The van der Waals surface area contributed by atoms with E-state index in [9.17, 15) is 4.79 Å². The minimum atomic E-state index is -0.553. The number of ether oxygens (including phenoxy) is 2. The second-order valence-corrected chi connectivity index (χ2v) is 7.10. The minimum absolute atomic E-state index is 0.109. The number of hydrogen-bond acceptors (Lipinski definition) is 5. The van der Waals surface area contributed by atoms with Crippen molar-refractivity contribution >= 4 is 5.97 Å². The molecule has 0 saturated carbocycles. The second kappa shape index (κ2) is 9.67. The Balaban J connectivity index is 1.65. The molecule has 0 bridgehead atoms. The van der Waals surface area contributed by atoms with E-state index in [1.807, 2.05) is 91.9 Å². The van der Waals surface area contributed by atoms with E-state index in [4.69, 9.17) is 9.47 Å². The molecule has 0 saturated heterocycles. The molecule has 0 amide bonds. The molecule has 0 N–H and O–H groups in total. The van der Waals surface area contributed by atoms with Crippen molar-refractivity contribution in [1.29, 1.82) is 0 Å². The van der Waals surface area contributed by atoms with Crippen LogP contribution in [0.5, 0.6) is 5.75 Å². The van der Waals surface area contributed by atoms with Crippen LogP contribution in [0, 0.1) is 6.92 Å². The summed E-state index contributed by atoms with van der Waals surface area (Å²) in [7, 11) is 0. The molecule has 0 unspecified atom stereocenters. The van der Waals surface area contributed by atoms with Gasteiger partial charge in [0, 0.05) is 5.56 Å². The van der Waals surface area contributed by atoms with Crippen LogP contribution in [-0.4, -0.2) is 15.9 Å². The molecule has 1 heterocycles. The van der Waals surface area contributed by atoms with Gasteiger partial charge in [-0.3, -0.25) is 0 Å². The van der Waals surface area contributed by atoms with E-state index in [0.717, 1.165) is 22.3 Å². The van der Waals surface area contributed by atoms with Gasteiger partial charge in [0.2, 0.25) is 0 Å². The van der Waals surface area contributed by atoms with Crippen LogP contribution in [-0.2, 0) is 18.0 Å². The summed E-state index contributed by atoms with van der Waals surface area (Å²) in [5, 5.41) is 0. The van der Waals surface area contributed by atoms with E-state index in [2.05, 4.69) is 9.97 Å². The van der Waals surface area contributed by atoms with Crippen LogP contribution < -0.4 is 4.74 Å². The standard InChI is InChI=1S/C26H22N2O3/c1-19-12-14-22(15-13-19)23-25(30-16-20-8-4-2-5-9-20)24(28-18-27-23)26(29)31-17-21-10-6-3-7-11-21/h2-15,18H,16-17H2,1H3. The van der Waals surface area contributed by atoms with Crippen molar-refractivity contribution < 1.29 is 14.3 Å². The van der Waals surface area contributed by atoms with Crippen LogP contribution in [0.25, 0.3) is 11.3 Å². The van der Waals surface area contributed by atoms with Gasteiger partial charge in [-0.05, 0) is 18.1 Å². The summed E-state index contributed by atoms with van der Waals surface area (Å²) in [6.07, 6.45) is 1.36. The van der Waals surface area contributed by atoms with Gasteiger partial charge in [-0.1, -0.05) is 90.5 Å². The molecule has 1 aromatic heterocycles. The molecule has 3 aromatic carbocycles. The monoisotopic (exact) mass is 410 g/mol. The van der Waals surface area contributed by atoms with Crippen LogP contribution in [0.2, 0.25) is 0 Å². The van der Waals surface area contributed by atoms with Crippen LogP contribution in [0.1, 0.15) is 27.2 Å². The lowest BCUT2D eigenvalue weighted by molar-refractivity contribution is 0.0460. The summed E-state index contributed by atoms with van der Waals surface area (Å²) >= 11 is 0. The fourth-order valence-electron chi connectivity index (χ4n) is 3.09. The minimum Gasteiger partial charge on any atom is -0.484 e. The lowest BCUT2D eigenvalue weighted by Crippen LogP contribution is -2.12. The number of hydrogen-bond donors (Lipinski definition) is 0. The third kappa shape index (κ3) is 5.14. The molecule has 154 valence electrons. The lowest BCUT2D eigenvalue weighted by Gasteiger charge is -2.14. The second-order valence-electron chi connectivity index (χ2n) is 7.10. The summed E-state index contributed by atoms with van der Waals surface area (Å²) in [4.78, 5) is 21.5. The van der Waals surface area contributed by atoms with Gasteiger partial charge in [0.15, 0.2) is 11.4 Å². The highest BCUT2D eigenvalue weighted by atomic mass is 16.5. The van der Waals surface area contributed by atoms with Crippen molar-refractivity contribution in [3.8, 4) is 17.0 Å². The van der Waals surface area contributed by atoms with Crippen molar-refractivity contribution in [1.82, 2.24) is 9.97 Å². The topological polar surface area (TPSA) is 61.3 Å². The maximum atomic E-state index is 12.9. The van der Waals surface area contributed by atoms with Crippen molar-refractivity contribution in [3.05, 3.63) is 114 Å². The van der Waals surface area contributed by atoms with Gasteiger partial charge in [-0.15, -0.1) is 0 Å². The summed E-state index contributed by atoms with van der Waals surface area (Å²) < 4.78 is 11.6. The maximum absolute atomic E-state index is 12.9. The molecule has 4 aromatic rings. The Morgan fingerprint density at radius 1 is 0.774 bits per heavy atom. The summed E-state index contributed by atoms with van der Waals surface area (Å²) in [6.45, 7) is 2.46. The van der Waals surface area contributed by atoms with E-state index in [-0.39, 0.29) is 18.9 Å². The smallest absolute Gasteiger partial charge is 0.361 e. The quantitative estimate of drug-likeness (QED) is 0.382. The molecule has 0 atom stereocenters. The van der Waals surface area contributed by atoms with Gasteiger partial charge < -0.3 is 9.47 Å². The first-order valence-corrected chi connectivity index (χ1v) is 10.0. The van der Waals surface area contributed by atoms with Crippen molar-refractivity contribution in [2.45, 2.75) is 20.1 Å². The Labute approximate surface area is 181 Å². The molecular weight excluding hydrogens is 388 g/mol. The van der Waals surface area contributed by atoms with Gasteiger partial charge in [0.05, 0.1) is 0 Å². The number of nitrogens with zero attached hydrogens (tertiary/aromatic N) is 2. The van der Waals surface area contributed by atoms with Crippen LogP contribution in [0.3, 0.4) is 0 Å². The number of rotatable bonds is 7. The molecule has 0 aliphatic carbocycles. The van der Waals surface area contributed by atoms with Crippen LogP contribution >= 0.6 is 0 Å². The Morgan fingerprint density at radius 2 is 1.39 bits per heavy atom. The van der Waals surface area contributed by atoms with Gasteiger partial charge in [0.1, 0.15) is 25.2 Å². The normalized spacial score (nSPS) is 10.5. The first-order valence-electron chi connectivity index (χ1n) is 10.0. The Morgan fingerprint density at radius 3 is 2.03 bits per heavy atom. The highest BCUT2D eigenvalue weighted by molar-refractivity contribution is 5.92. The highest BCUT2D eigenvalue weighted by Crippen LogP contribution is 2.31. The largest absolute Gasteiger partial charge is 0.484 e. The van der Waals surface area contributed by atoms with Crippen LogP contribution in [0.15, 0.2) is 91.3 Å². The van der Waals surface area contributed by atoms with E-state index in [0.29, 0.717) is 11.4 Å². The average molecular weight is 410 g/mol. The molecule has 0 spiro atoms. The summed E-state index contributed by atoms with van der Waals surface area (Å²) in [6, 6.07) is 27.1. The average Bonchev–Trinajstić information content (AvgIpc) is 2.83. The van der Waals surface area contributed by atoms with Crippen molar-refractivity contribution in [2.75, 3.05) is 0 Å². The predicted molar refractivity (Wildman–Crippen MR) is 119 cm³/mol. The predicted octanol–water partition coefficient (Wildman–Crippen LogP) is 5.39. The van der Waals surface area contributed by atoms with Gasteiger partial charge in [0.25, 0.3) is 0 Å². The van der Waals surface area contributed by atoms with E-state index in [1.54, 1.807) is 0 Å². The van der Waals surface area contributed by atoms with E-state index < -0.39 is 5.97 Å². The molecule has 0 radical (unpaired) electrons. The zero-order valence-corrected chi connectivity index (χ0v) is 17.2. The Hall–Kier alpha value is -3.99. The number of carbonyl (C=O) groups excluding carboxylic acids is 1. The highest BCUT2D eigenvalue weighted by Gasteiger charge is 2.22. The van der Waals surface area contributed by atoms with Gasteiger partial charge in [-0.25, -0.2) is 14.8 Å². The zero-order chi connectivity index (χ0) is 21.5. The van der Waals surface area contributed by atoms with Crippen LogP contribution in [0.4, 0.5) is 0 Å². The summed E-state index contributed by atoms with van der Waals surface area (Å²) in [5.41, 5.74) is 4.51. The fourth-order valence-corrected chi connectivity index (χ4v) is 3.09. The maximum Gasteiger partial charge on any atom is 0.361 e.